The second-order valence-corrected chi connectivity index (χ2v) is 5.96. The zero-order chi connectivity index (χ0) is 15.5. The Hall–Kier alpha value is -1.49. The summed E-state index contributed by atoms with van der Waals surface area (Å²) in [7, 11) is 0. The molecule has 1 aliphatic heterocycles. The molecule has 0 radical (unpaired) electrons. The maximum absolute atomic E-state index is 13.0. The third kappa shape index (κ3) is 4.77. The maximum atomic E-state index is 13.0. The van der Waals surface area contributed by atoms with Crippen molar-refractivity contribution >= 4 is 11.6 Å². The fourth-order valence-electron chi connectivity index (χ4n) is 2.39. The first kappa shape index (κ1) is 15.9. The summed E-state index contributed by atoms with van der Waals surface area (Å²) in [6, 6.07) is 7.72. The number of hydrogen-bond acceptors (Lipinski definition) is 2. The number of nitrogens with one attached hydrogen (secondary N) is 1. The van der Waals surface area contributed by atoms with Gasteiger partial charge in [0.15, 0.2) is 0 Å². The molecule has 0 atom stereocenters. The van der Waals surface area contributed by atoms with Gasteiger partial charge in [0, 0.05) is 31.6 Å². The minimum absolute atomic E-state index is 0.155. The van der Waals surface area contributed by atoms with Crippen LogP contribution in [0.1, 0.15) is 38.2 Å². The van der Waals surface area contributed by atoms with Crippen LogP contribution in [0.5, 0.6) is 0 Å². The number of carbonyl (C=O) groups is 1. The van der Waals surface area contributed by atoms with E-state index in [1.165, 1.54) is 5.56 Å². The number of halogens is 2. The molecule has 0 aliphatic carbocycles. The predicted octanol–water partition coefficient (Wildman–Crippen LogP) is 3.48. The summed E-state index contributed by atoms with van der Waals surface area (Å²) >= 11 is 0. The highest BCUT2D eigenvalue weighted by Gasteiger charge is 2.34. The smallest absolute Gasteiger partial charge is 0.250 e. The van der Waals surface area contributed by atoms with Crippen LogP contribution < -0.4 is 5.32 Å². The van der Waals surface area contributed by atoms with E-state index in [2.05, 4.69) is 19.2 Å². The summed E-state index contributed by atoms with van der Waals surface area (Å²) < 4.78 is 26.1. The number of alkyl halides is 2. The van der Waals surface area contributed by atoms with Crippen LogP contribution in [-0.4, -0.2) is 36.4 Å². The minimum atomic E-state index is -2.57. The average Bonchev–Trinajstić information content (AvgIpc) is 2.42. The first-order chi connectivity index (χ1) is 9.85. The van der Waals surface area contributed by atoms with Gasteiger partial charge in [0.05, 0.1) is 6.54 Å². The van der Waals surface area contributed by atoms with Gasteiger partial charge in [-0.05, 0) is 23.6 Å². The minimum Gasteiger partial charge on any atom is -0.325 e. The Balaban J connectivity index is 1.82. The van der Waals surface area contributed by atoms with Gasteiger partial charge in [0.25, 0.3) is 5.92 Å². The second kappa shape index (κ2) is 6.52. The van der Waals surface area contributed by atoms with Gasteiger partial charge in [-0.3, -0.25) is 9.69 Å². The molecule has 1 heterocycles. The molecule has 116 valence electrons. The van der Waals surface area contributed by atoms with E-state index in [0.717, 1.165) is 5.69 Å². The first-order valence-electron chi connectivity index (χ1n) is 7.36. The zero-order valence-corrected chi connectivity index (χ0v) is 12.5. The van der Waals surface area contributed by atoms with Gasteiger partial charge in [-0.2, -0.15) is 0 Å². The number of carbonyl (C=O) groups excluding carboxylic acids is 1. The summed E-state index contributed by atoms with van der Waals surface area (Å²) in [4.78, 5) is 13.7. The summed E-state index contributed by atoms with van der Waals surface area (Å²) in [5.41, 5.74) is 1.96. The molecule has 0 spiro atoms. The normalized spacial score (nSPS) is 18.7. The van der Waals surface area contributed by atoms with E-state index in [1.807, 2.05) is 24.3 Å². The Bertz CT molecular complexity index is 476. The van der Waals surface area contributed by atoms with Crippen LogP contribution in [-0.2, 0) is 4.79 Å². The first-order valence-corrected chi connectivity index (χ1v) is 7.36. The van der Waals surface area contributed by atoms with E-state index in [0.29, 0.717) is 5.92 Å². The van der Waals surface area contributed by atoms with Crippen molar-refractivity contribution in [2.24, 2.45) is 0 Å². The van der Waals surface area contributed by atoms with Crippen molar-refractivity contribution in [1.29, 1.82) is 0 Å². The molecule has 1 aliphatic rings. The highest BCUT2D eigenvalue weighted by atomic mass is 19.3. The molecule has 2 rings (SSSR count). The van der Waals surface area contributed by atoms with Gasteiger partial charge >= 0.3 is 0 Å². The maximum Gasteiger partial charge on any atom is 0.250 e. The Morgan fingerprint density at radius 2 is 1.81 bits per heavy atom. The van der Waals surface area contributed by atoms with Gasteiger partial charge < -0.3 is 5.32 Å². The Labute approximate surface area is 124 Å². The summed E-state index contributed by atoms with van der Waals surface area (Å²) in [6.45, 7) is 4.93. The van der Waals surface area contributed by atoms with E-state index in [4.69, 9.17) is 0 Å². The molecule has 0 bridgehead atoms. The lowest BCUT2D eigenvalue weighted by atomic mass is 10.0. The van der Waals surface area contributed by atoms with Crippen molar-refractivity contribution in [3.05, 3.63) is 29.8 Å². The SMILES string of the molecule is CC(C)c1ccc(NC(=O)CN2CCC(F)(F)CC2)cc1. The fourth-order valence-corrected chi connectivity index (χ4v) is 2.39. The molecule has 21 heavy (non-hydrogen) atoms. The zero-order valence-electron chi connectivity index (χ0n) is 12.5. The molecule has 1 amide bonds. The standard InChI is InChI=1S/C16H22F2N2O/c1-12(2)13-3-5-14(6-4-13)19-15(21)11-20-9-7-16(17,18)8-10-20/h3-6,12H,7-11H2,1-2H3,(H,19,21). The lowest BCUT2D eigenvalue weighted by Gasteiger charge is -2.31. The molecule has 1 aromatic rings. The molecular formula is C16H22F2N2O. The molecule has 0 unspecified atom stereocenters. The van der Waals surface area contributed by atoms with E-state index < -0.39 is 5.92 Å². The summed E-state index contributed by atoms with van der Waals surface area (Å²) in [6.07, 6.45) is -0.327. The van der Waals surface area contributed by atoms with E-state index >= 15 is 0 Å². The Morgan fingerprint density at radius 1 is 1.24 bits per heavy atom. The van der Waals surface area contributed by atoms with Crippen molar-refractivity contribution in [2.75, 3.05) is 25.0 Å². The van der Waals surface area contributed by atoms with Gasteiger partial charge in [-0.25, -0.2) is 8.78 Å². The number of hydrogen-bond donors (Lipinski definition) is 1. The van der Waals surface area contributed by atoms with Crippen LogP contribution >= 0.6 is 0 Å². The summed E-state index contributed by atoms with van der Waals surface area (Å²) in [5, 5.41) is 2.81. The van der Waals surface area contributed by atoms with Crippen molar-refractivity contribution in [3.8, 4) is 0 Å². The lowest BCUT2D eigenvalue weighted by Crippen LogP contribution is -2.42. The Morgan fingerprint density at radius 3 is 2.33 bits per heavy atom. The van der Waals surface area contributed by atoms with Crippen LogP contribution in [0.2, 0.25) is 0 Å². The molecule has 1 saturated heterocycles. The van der Waals surface area contributed by atoms with Crippen LogP contribution in [0, 0.1) is 0 Å². The number of piperidine rings is 1. The molecule has 3 nitrogen and oxygen atoms in total. The number of anilines is 1. The molecular weight excluding hydrogens is 274 g/mol. The van der Waals surface area contributed by atoms with Crippen LogP contribution in [0.4, 0.5) is 14.5 Å². The quantitative estimate of drug-likeness (QED) is 0.922. The molecule has 1 aromatic carbocycles. The number of amides is 1. The van der Waals surface area contributed by atoms with Crippen molar-refractivity contribution in [1.82, 2.24) is 4.90 Å². The van der Waals surface area contributed by atoms with Crippen molar-refractivity contribution in [2.45, 2.75) is 38.5 Å². The molecule has 5 heteroatoms. The number of benzene rings is 1. The summed E-state index contributed by atoms with van der Waals surface area (Å²) in [5.74, 6) is -2.28. The highest BCUT2D eigenvalue weighted by Crippen LogP contribution is 2.27. The predicted molar refractivity (Wildman–Crippen MR) is 79.8 cm³/mol. The lowest BCUT2D eigenvalue weighted by molar-refractivity contribution is -0.119. The molecule has 0 aromatic heterocycles. The molecule has 1 N–H and O–H groups in total. The van der Waals surface area contributed by atoms with Crippen molar-refractivity contribution < 1.29 is 13.6 Å². The van der Waals surface area contributed by atoms with Crippen LogP contribution in [0.25, 0.3) is 0 Å². The van der Waals surface area contributed by atoms with Gasteiger partial charge in [0.2, 0.25) is 5.91 Å². The van der Waals surface area contributed by atoms with E-state index in [1.54, 1.807) is 4.90 Å². The number of rotatable bonds is 4. The number of nitrogens with zero attached hydrogens (tertiary/aromatic N) is 1. The third-order valence-corrected chi connectivity index (χ3v) is 3.82. The molecule has 0 saturated carbocycles. The van der Waals surface area contributed by atoms with Crippen molar-refractivity contribution in [3.63, 3.8) is 0 Å². The van der Waals surface area contributed by atoms with Gasteiger partial charge in [0.1, 0.15) is 0 Å². The van der Waals surface area contributed by atoms with E-state index in [-0.39, 0.29) is 38.4 Å². The monoisotopic (exact) mass is 296 g/mol. The van der Waals surface area contributed by atoms with E-state index in [9.17, 15) is 13.6 Å². The van der Waals surface area contributed by atoms with Crippen LogP contribution in [0.15, 0.2) is 24.3 Å². The average molecular weight is 296 g/mol. The fraction of sp³-hybridized carbons (Fsp3) is 0.562. The van der Waals surface area contributed by atoms with Crippen LogP contribution in [0.3, 0.4) is 0 Å². The van der Waals surface area contributed by atoms with Gasteiger partial charge in [-0.15, -0.1) is 0 Å². The second-order valence-electron chi connectivity index (χ2n) is 5.96. The van der Waals surface area contributed by atoms with Gasteiger partial charge in [-0.1, -0.05) is 26.0 Å². The molecule has 1 fully saturated rings. The topological polar surface area (TPSA) is 32.3 Å². The Kier molecular flexibility index (Phi) is 4.93. The largest absolute Gasteiger partial charge is 0.325 e. The number of likely N-dealkylation sites (tertiary alicyclic amines) is 1. The highest BCUT2D eigenvalue weighted by molar-refractivity contribution is 5.92. The third-order valence-electron chi connectivity index (χ3n) is 3.82.